The molecule has 0 spiro atoms. The maximum atomic E-state index is 13.8. The molecule has 4 rings (SSSR count). The molecular weight excluding hydrogens is 521 g/mol. The average molecular weight is 551 g/mol. The first kappa shape index (κ1) is 27.6. The summed E-state index contributed by atoms with van der Waals surface area (Å²) in [6.45, 7) is 7.08. The lowest BCUT2D eigenvalue weighted by Gasteiger charge is -2.25. The first-order chi connectivity index (χ1) is 18.0. The van der Waals surface area contributed by atoms with Crippen LogP contribution in [0.1, 0.15) is 36.8 Å². The van der Waals surface area contributed by atoms with Gasteiger partial charge in [-0.15, -0.1) is 0 Å². The maximum Gasteiger partial charge on any atom is 0.421 e. The molecule has 3 N–H and O–H groups in total. The number of anilines is 4. The molecule has 1 aromatic heterocycles. The van der Waals surface area contributed by atoms with Crippen LogP contribution in [0, 0.1) is 5.92 Å². The fourth-order valence-electron chi connectivity index (χ4n) is 4.39. The van der Waals surface area contributed by atoms with Crippen LogP contribution in [0.25, 0.3) is 0 Å². The van der Waals surface area contributed by atoms with Crippen LogP contribution in [-0.2, 0) is 27.4 Å². The number of hydrogen-bond donors (Lipinski definition) is 3. The summed E-state index contributed by atoms with van der Waals surface area (Å²) in [4.78, 5) is 19.9. The highest BCUT2D eigenvalue weighted by molar-refractivity contribution is 7.92. The predicted molar refractivity (Wildman–Crippen MR) is 139 cm³/mol. The lowest BCUT2D eigenvalue weighted by molar-refractivity contribution is -0.137. The summed E-state index contributed by atoms with van der Waals surface area (Å²) in [6.07, 6.45) is 1.64. The monoisotopic (exact) mass is 550 g/mol. The number of benzene rings is 1. The van der Waals surface area contributed by atoms with Gasteiger partial charge in [0.2, 0.25) is 21.9 Å². The number of nitrogens with one attached hydrogen (secondary N) is 3. The topological polar surface area (TPSA) is 116 Å². The number of amides is 1. The highest BCUT2D eigenvalue weighted by Crippen LogP contribution is 2.37. The highest BCUT2D eigenvalue weighted by atomic mass is 32.2. The van der Waals surface area contributed by atoms with Gasteiger partial charge in [-0.05, 0) is 42.5 Å². The van der Waals surface area contributed by atoms with Gasteiger partial charge in [0, 0.05) is 30.7 Å². The molecule has 2 aliphatic rings. The molecule has 1 aromatic carbocycles. The minimum Gasteiger partial charge on any atom is -0.350 e. The first-order valence-corrected chi connectivity index (χ1v) is 13.7. The van der Waals surface area contributed by atoms with Crippen molar-refractivity contribution in [2.75, 3.05) is 29.0 Å². The van der Waals surface area contributed by atoms with Crippen molar-refractivity contribution in [2.45, 2.75) is 44.3 Å². The van der Waals surface area contributed by atoms with Gasteiger partial charge in [0.05, 0.1) is 11.4 Å². The van der Waals surface area contributed by atoms with Crippen LogP contribution in [0.15, 0.2) is 49.0 Å². The largest absolute Gasteiger partial charge is 0.421 e. The number of carbonyl (C=O) groups excluding carboxylic acids is 1. The molecular formula is C25H29F3N6O3S. The van der Waals surface area contributed by atoms with E-state index in [0.717, 1.165) is 36.3 Å². The Bertz CT molecular complexity index is 1330. The van der Waals surface area contributed by atoms with E-state index in [0.29, 0.717) is 24.2 Å². The van der Waals surface area contributed by atoms with Crippen molar-refractivity contribution >= 4 is 39.1 Å². The third-order valence-electron chi connectivity index (χ3n) is 6.68. The zero-order valence-electron chi connectivity index (χ0n) is 20.6. The minimum atomic E-state index is -4.75. The SMILES string of the molecule is C=CC(=O)Nc1cc(CC2CCC2)ccc1Nc1nc(N[C@@H]2CCN(S(=O)(=O)C=C)C2)ncc1C(F)(F)F. The summed E-state index contributed by atoms with van der Waals surface area (Å²) in [7, 11) is -3.61. The number of alkyl halides is 3. The van der Waals surface area contributed by atoms with E-state index in [1.165, 1.54) is 10.7 Å². The van der Waals surface area contributed by atoms with E-state index in [1.807, 2.05) is 6.07 Å². The Morgan fingerprint density at radius 3 is 2.58 bits per heavy atom. The van der Waals surface area contributed by atoms with E-state index in [1.54, 1.807) is 12.1 Å². The summed E-state index contributed by atoms with van der Waals surface area (Å²) < 4.78 is 66.7. The molecule has 0 radical (unpaired) electrons. The molecule has 2 fully saturated rings. The van der Waals surface area contributed by atoms with Gasteiger partial charge in [0.25, 0.3) is 0 Å². The van der Waals surface area contributed by atoms with Crippen LogP contribution in [0.5, 0.6) is 0 Å². The second kappa shape index (κ2) is 11.1. The zero-order valence-corrected chi connectivity index (χ0v) is 21.4. The second-order valence-electron chi connectivity index (χ2n) is 9.35. The number of nitrogens with zero attached hydrogens (tertiary/aromatic N) is 3. The molecule has 2 aromatic rings. The molecule has 1 aliphatic carbocycles. The van der Waals surface area contributed by atoms with Crippen LogP contribution in [0.3, 0.4) is 0 Å². The van der Waals surface area contributed by atoms with Gasteiger partial charge in [-0.1, -0.05) is 38.5 Å². The number of sulfonamides is 1. The van der Waals surface area contributed by atoms with Gasteiger partial charge >= 0.3 is 6.18 Å². The Kier molecular flexibility index (Phi) is 8.07. The lowest BCUT2D eigenvalue weighted by Crippen LogP contribution is -2.30. The van der Waals surface area contributed by atoms with E-state index in [-0.39, 0.29) is 24.7 Å². The Morgan fingerprint density at radius 2 is 1.95 bits per heavy atom. The van der Waals surface area contributed by atoms with Crippen LogP contribution in [0.2, 0.25) is 0 Å². The molecule has 1 aliphatic heterocycles. The quantitative estimate of drug-likeness (QED) is 0.368. The van der Waals surface area contributed by atoms with Gasteiger partial charge in [-0.3, -0.25) is 4.79 Å². The Morgan fingerprint density at radius 1 is 1.18 bits per heavy atom. The Labute approximate surface area is 219 Å². The Balaban J connectivity index is 1.61. The van der Waals surface area contributed by atoms with E-state index in [2.05, 4.69) is 39.1 Å². The standard InChI is InChI=1S/C25H29F3N6O3S/c1-3-22(35)31-21-13-17(12-16-6-5-7-16)8-9-20(21)32-23-19(25(26,27)28)14-29-24(33-23)30-18-10-11-34(15-18)38(36,37)4-2/h3-4,8-9,13-14,16,18H,1-2,5-7,10-12,15H2,(H,31,35)(H2,29,30,32,33)/t18-/m1/s1. The van der Waals surface area contributed by atoms with Crippen LogP contribution >= 0.6 is 0 Å². The molecule has 0 unspecified atom stereocenters. The summed E-state index contributed by atoms with van der Waals surface area (Å²) in [6, 6.07) is 4.76. The van der Waals surface area contributed by atoms with Crippen molar-refractivity contribution in [3.63, 3.8) is 0 Å². The van der Waals surface area contributed by atoms with E-state index >= 15 is 0 Å². The fraction of sp³-hybridized carbons (Fsp3) is 0.400. The normalized spacial score (nSPS) is 18.4. The van der Waals surface area contributed by atoms with Crippen LogP contribution in [-0.4, -0.2) is 47.7 Å². The number of rotatable bonds is 10. The van der Waals surface area contributed by atoms with Crippen LogP contribution in [0.4, 0.5) is 36.3 Å². The third kappa shape index (κ3) is 6.51. The van der Waals surface area contributed by atoms with Gasteiger partial charge in [0.1, 0.15) is 11.4 Å². The van der Waals surface area contributed by atoms with Gasteiger partial charge in [0.15, 0.2) is 0 Å². The number of carbonyl (C=O) groups is 1. The molecule has 1 saturated carbocycles. The summed E-state index contributed by atoms with van der Waals surface area (Å²) in [5.74, 6) is -0.557. The number of halogens is 3. The highest BCUT2D eigenvalue weighted by Gasteiger charge is 2.36. The summed E-state index contributed by atoms with van der Waals surface area (Å²) in [5.41, 5.74) is 0.386. The molecule has 2 heterocycles. The van der Waals surface area contributed by atoms with Crippen molar-refractivity contribution in [3.8, 4) is 0 Å². The first-order valence-electron chi connectivity index (χ1n) is 12.1. The zero-order chi connectivity index (χ0) is 27.5. The number of aromatic nitrogens is 2. The van der Waals surface area contributed by atoms with Crippen molar-refractivity contribution in [3.05, 3.63) is 60.2 Å². The molecule has 38 heavy (non-hydrogen) atoms. The average Bonchev–Trinajstić information content (AvgIpc) is 3.31. The molecule has 0 bridgehead atoms. The van der Waals surface area contributed by atoms with Crippen LogP contribution < -0.4 is 16.0 Å². The smallest absolute Gasteiger partial charge is 0.350 e. The fourth-order valence-corrected chi connectivity index (χ4v) is 5.35. The van der Waals surface area contributed by atoms with Gasteiger partial charge in [-0.25, -0.2) is 13.4 Å². The summed E-state index contributed by atoms with van der Waals surface area (Å²) >= 11 is 0. The van der Waals surface area contributed by atoms with Gasteiger partial charge in [-0.2, -0.15) is 22.5 Å². The summed E-state index contributed by atoms with van der Waals surface area (Å²) in [5, 5.41) is 9.14. The molecule has 1 atom stereocenters. The second-order valence-corrected chi connectivity index (χ2v) is 11.2. The molecule has 204 valence electrons. The molecule has 13 heteroatoms. The van der Waals surface area contributed by atoms with Crippen molar-refractivity contribution in [1.82, 2.24) is 14.3 Å². The molecule has 1 amide bonds. The van der Waals surface area contributed by atoms with E-state index in [4.69, 9.17) is 0 Å². The predicted octanol–water partition coefficient (Wildman–Crippen LogP) is 4.67. The molecule has 1 saturated heterocycles. The number of hydrogen-bond acceptors (Lipinski definition) is 7. The molecule has 9 nitrogen and oxygen atoms in total. The van der Waals surface area contributed by atoms with Gasteiger partial charge < -0.3 is 16.0 Å². The minimum absolute atomic E-state index is 0.0957. The Hall–Kier alpha value is -3.45. The van der Waals surface area contributed by atoms with Crippen molar-refractivity contribution in [2.24, 2.45) is 5.92 Å². The van der Waals surface area contributed by atoms with Crippen molar-refractivity contribution < 1.29 is 26.4 Å². The lowest BCUT2D eigenvalue weighted by atomic mass is 9.81. The van der Waals surface area contributed by atoms with Crippen molar-refractivity contribution in [1.29, 1.82) is 0 Å². The third-order valence-corrected chi connectivity index (χ3v) is 8.15. The maximum absolute atomic E-state index is 13.8. The van der Waals surface area contributed by atoms with E-state index < -0.39 is 39.5 Å². The van der Waals surface area contributed by atoms with E-state index in [9.17, 15) is 26.4 Å².